The number of hydrogen-bond donors (Lipinski definition) is 1. The molecular formula is C16H15NO2. The van der Waals surface area contributed by atoms with Crippen molar-refractivity contribution in [3.8, 4) is 5.75 Å². The molecule has 1 unspecified atom stereocenters. The second-order valence-corrected chi connectivity index (χ2v) is 4.62. The van der Waals surface area contributed by atoms with Crippen LogP contribution >= 0.6 is 0 Å². The van der Waals surface area contributed by atoms with Gasteiger partial charge in [-0.3, -0.25) is 4.79 Å². The Morgan fingerprint density at radius 2 is 1.89 bits per heavy atom. The van der Waals surface area contributed by atoms with Gasteiger partial charge in [-0.05, 0) is 17.2 Å². The Bertz CT molecular complexity index is 607. The van der Waals surface area contributed by atoms with Crippen molar-refractivity contribution < 1.29 is 9.53 Å². The summed E-state index contributed by atoms with van der Waals surface area (Å²) in [5.74, 6) is 0.876. The van der Waals surface area contributed by atoms with Crippen LogP contribution in [0.25, 0.3) is 0 Å². The molecule has 0 aliphatic carbocycles. The lowest BCUT2D eigenvalue weighted by atomic mass is 9.89. The SMILES string of the molecule is COc1cccc2c1C(c1ccccc1)NC(=O)C2. The van der Waals surface area contributed by atoms with Crippen molar-refractivity contribution >= 4 is 5.91 Å². The molecule has 0 fully saturated rings. The maximum Gasteiger partial charge on any atom is 0.225 e. The van der Waals surface area contributed by atoms with Crippen LogP contribution in [0.3, 0.4) is 0 Å². The van der Waals surface area contributed by atoms with E-state index in [1.807, 2.05) is 48.5 Å². The first kappa shape index (κ1) is 11.8. The Morgan fingerprint density at radius 3 is 2.63 bits per heavy atom. The fraction of sp³-hybridized carbons (Fsp3) is 0.188. The zero-order valence-corrected chi connectivity index (χ0v) is 10.7. The van der Waals surface area contributed by atoms with Crippen LogP contribution < -0.4 is 10.1 Å². The molecule has 1 N–H and O–H groups in total. The largest absolute Gasteiger partial charge is 0.496 e. The minimum Gasteiger partial charge on any atom is -0.496 e. The van der Waals surface area contributed by atoms with Crippen LogP contribution in [0.1, 0.15) is 22.7 Å². The number of methoxy groups -OCH3 is 1. The molecule has 96 valence electrons. The highest BCUT2D eigenvalue weighted by Crippen LogP contribution is 2.35. The van der Waals surface area contributed by atoms with Crippen LogP contribution in [0.15, 0.2) is 48.5 Å². The van der Waals surface area contributed by atoms with Gasteiger partial charge in [-0.15, -0.1) is 0 Å². The number of amides is 1. The molecule has 19 heavy (non-hydrogen) atoms. The average Bonchev–Trinajstić information content (AvgIpc) is 2.46. The van der Waals surface area contributed by atoms with Gasteiger partial charge in [0, 0.05) is 5.56 Å². The van der Waals surface area contributed by atoms with Crippen LogP contribution in [0.4, 0.5) is 0 Å². The summed E-state index contributed by atoms with van der Waals surface area (Å²) >= 11 is 0. The minimum absolute atomic E-state index is 0.0506. The van der Waals surface area contributed by atoms with Crippen LogP contribution in [0.2, 0.25) is 0 Å². The quantitative estimate of drug-likeness (QED) is 0.892. The number of hydrogen-bond acceptors (Lipinski definition) is 2. The topological polar surface area (TPSA) is 38.3 Å². The average molecular weight is 253 g/mol. The van der Waals surface area contributed by atoms with E-state index < -0.39 is 0 Å². The Balaban J connectivity index is 2.16. The zero-order chi connectivity index (χ0) is 13.2. The highest BCUT2D eigenvalue weighted by molar-refractivity contribution is 5.83. The number of ether oxygens (including phenoxy) is 1. The summed E-state index contributed by atoms with van der Waals surface area (Å²) in [5, 5.41) is 3.04. The molecule has 0 aromatic heterocycles. The van der Waals surface area contributed by atoms with Gasteiger partial charge in [0.05, 0.1) is 19.6 Å². The lowest BCUT2D eigenvalue weighted by Crippen LogP contribution is -2.36. The second kappa shape index (κ2) is 4.76. The van der Waals surface area contributed by atoms with E-state index in [1.165, 1.54) is 0 Å². The van der Waals surface area contributed by atoms with E-state index >= 15 is 0 Å². The van der Waals surface area contributed by atoms with Crippen molar-refractivity contribution in [3.05, 3.63) is 65.2 Å². The van der Waals surface area contributed by atoms with Gasteiger partial charge in [0.25, 0.3) is 0 Å². The van der Waals surface area contributed by atoms with Crippen molar-refractivity contribution in [1.29, 1.82) is 0 Å². The number of fused-ring (bicyclic) bond motifs is 1. The van der Waals surface area contributed by atoms with Crippen molar-refractivity contribution in [1.82, 2.24) is 5.32 Å². The molecule has 0 spiro atoms. The van der Waals surface area contributed by atoms with E-state index in [-0.39, 0.29) is 11.9 Å². The first-order valence-corrected chi connectivity index (χ1v) is 6.29. The molecule has 2 aromatic carbocycles. The molecule has 3 nitrogen and oxygen atoms in total. The van der Waals surface area contributed by atoms with Crippen molar-refractivity contribution in [2.75, 3.05) is 7.11 Å². The third-order valence-corrected chi connectivity index (χ3v) is 3.45. The van der Waals surface area contributed by atoms with E-state index in [0.29, 0.717) is 6.42 Å². The molecule has 3 rings (SSSR count). The summed E-state index contributed by atoms with van der Waals surface area (Å²) < 4.78 is 5.45. The second-order valence-electron chi connectivity index (χ2n) is 4.62. The van der Waals surface area contributed by atoms with Gasteiger partial charge in [-0.25, -0.2) is 0 Å². The molecule has 1 aliphatic rings. The fourth-order valence-corrected chi connectivity index (χ4v) is 2.60. The lowest BCUT2D eigenvalue weighted by molar-refractivity contribution is -0.121. The first-order chi connectivity index (χ1) is 9.29. The number of carbonyl (C=O) groups excluding carboxylic acids is 1. The van der Waals surface area contributed by atoms with Gasteiger partial charge in [-0.1, -0.05) is 42.5 Å². The molecule has 1 aliphatic heterocycles. The highest BCUT2D eigenvalue weighted by atomic mass is 16.5. The number of nitrogens with one attached hydrogen (secondary N) is 1. The fourth-order valence-electron chi connectivity index (χ4n) is 2.60. The summed E-state index contributed by atoms with van der Waals surface area (Å²) in [6.45, 7) is 0. The normalized spacial score (nSPS) is 17.5. The van der Waals surface area contributed by atoms with Crippen molar-refractivity contribution in [2.45, 2.75) is 12.5 Å². The number of rotatable bonds is 2. The highest BCUT2D eigenvalue weighted by Gasteiger charge is 2.28. The van der Waals surface area contributed by atoms with E-state index in [9.17, 15) is 4.79 Å². The first-order valence-electron chi connectivity index (χ1n) is 6.29. The lowest BCUT2D eigenvalue weighted by Gasteiger charge is -2.28. The Hall–Kier alpha value is -2.29. The smallest absolute Gasteiger partial charge is 0.225 e. The molecule has 0 radical (unpaired) electrons. The van der Waals surface area contributed by atoms with Gasteiger partial charge in [0.1, 0.15) is 5.75 Å². The Kier molecular flexibility index (Phi) is 2.95. The number of benzene rings is 2. The molecule has 1 amide bonds. The van der Waals surface area contributed by atoms with Crippen LogP contribution in [-0.2, 0) is 11.2 Å². The van der Waals surface area contributed by atoms with Gasteiger partial charge >= 0.3 is 0 Å². The monoisotopic (exact) mass is 253 g/mol. The van der Waals surface area contributed by atoms with Crippen LogP contribution in [0.5, 0.6) is 5.75 Å². The predicted octanol–water partition coefficient (Wildman–Crippen LogP) is 2.46. The summed E-state index contributed by atoms with van der Waals surface area (Å²) in [7, 11) is 1.66. The predicted molar refractivity (Wildman–Crippen MR) is 73.1 cm³/mol. The molecule has 0 saturated carbocycles. The summed E-state index contributed by atoms with van der Waals surface area (Å²) in [6, 6.07) is 15.7. The molecule has 1 atom stereocenters. The van der Waals surface area contributed by atoms with Crippen molar-refractivity contribution in [2.24, 2.45) is 0 Å². The van der Waals surface area contributed by atoms with E-state index in [4.69, 9.17) is 4.74 Å². The summed E-state index contributed by atoms with van der Waals surface area (Å²) in [5.41, 5.74) is 3.18. The van der Waals surface area contributed by atoms with Crippen LogP contribution in [-0.4, -0.2) is 13.0 Å². The molecule has 0 bridgehead atoms. The minimum atomic E-state index is -0.131. The van der Waals surface area contributed by atoms with Gasteiger partial charge in [0.15, 0.2) is 0 Å². The Labute approximate surface area is 112 Å². The standard InChI is InChI=1S/C16H15NO2/c1-19-13-9-5-8-12-10-14(18)17-16(15(12)13)11-6-3-2-4-7-11/h2-9,16H,10H2,1H3,(H,17,18). The van der Waals surface area contributed by atoms with Crippen molar-refractivity contribution in [3.63, 3.8) is 0 Å². The van der Waals surface area contributed by atoms with Gasteiger partial charge < -0.3 is 10.1 Å². The molecule has 1 heterocycles. The molecule has 0 saturated heterocycles. The summed E-state index contributed by atoms with van der Waals surface area (Å²) in [6.07, 6.45) is 0.413. The number of carbonyl (C=O) groups is 1. The maximum absolute atomic E-state index is 11.9. The molecule has 3 heteroatoms. The summed E-state index contributed by atoms with van der Waals surface area (Å²) in [4.78, 5) is 11.9. The van der Waals surface area contributed by atoms with E-state index in [0.717, 1.165) is 22.4 Å². The third-order valence-electron chi connectivity index (χ3n) is 3.45. The van der Waals surface area contributed by atoms with Gasteiger partial charge in [-0.2, -0.15) is 0 Å². The third kappa shape index (κ3) is 2.08. The zero-order valence-electron chi connectivity index (χ0n) is 10.7. The van der Waals surface area contributed by atoms with Crippen LogP contribution in [0, 0.1) is 0 Å². The molecular weight excluding hydrogens is 238 g/mol. The van der Waals surface area contributed by atoms with E-state index in [2.05, 4.69) is 5.32 Å². The Morgan fingerprint density at radius 1 is 1.11 bits per heavy atom. The van der Waals surface area contributed by atoms with E-state index in [1.54, 1.807) is 7.11 Å². The van der Waals surface area contributed by atoms with Gasteiger partial charge in [0.2, 0.25) is 5.91 Å². The molecule has 2 aromatic rings. The maximum atomic E-state index is 11.9.